The van der Waals surface area contributed by atoms with Gasteiger partial charge in [0.1, 0.15) is 0 Å². The summed E-state index contributed by atoms with van der Waals surface area (Å²) in [5, 5.41) is 3.01. The number of hydrogen-bond acceptors (Lipinski definition) is 4. The molecule has 0 unspecified atom stereocenters. The number of ether oxygens (including phenoxy) is 1. The fourth-order valence-corrected chi connectivity index (χ4v) is 4.62. The summed E-state index contributed by atoms with van der Waals surface area (Å²) in [5.41, 5.74) is 0.635. The van der Waals surface area contributed by atoms with E-state index in [4.69, 9.17) is 4.74 Å². The third kappa shape index (κ3) is 4.18. The van der Waals surface area contributed by atoms with Gasteiger partial charge in [-0.3, -0.25) is 9.59 Å². The average molecular weight is 423 g/mol. The molecule has 0 radical (unpaired) electrons. The minimum Gasteiger partial charge on any atom is -0.469 e. The molecule has 0 bridgehead atoms. The smallest absolute Gasteiger partial charge is 0.329 e. The molecule has 2 N–H and O–H groups in total. The monoisotopic (exact) mass is 422 g/mol. The van der Waals surface area contributed by atoms with E-state index in [1.165, 1.54) is 12.0 Å². The van der Waals surface area contributed by atoms with Crippen molar-refractivity contribution >= 4 is 17.9 Å². The lowest BCUT2D eigenvalue weighted by molar-refractivity contribution is -0.913. The number of benzene rings is 2. The van der Waals surface area contributed by atoms with Crippen LogP contribution in [0.3, 0.4) is 0 Å². The number of rotatable bonds is 6. The normalized spacial score (nSPS) is 25.9. The zero-order valence-electron chi connectivity index (χ0n) is 17.7. The first-order valence-electron chi connectivity index (χ1n) is 10.7. The summed E-state index contributed by atoms with van der Waals surface area (Å²) in [5.74, 6) is -0.506. The number of quaternary nitrogens is 1. The Balaban J connectivity index is 1.54. The maximum Gasteiger partial charge on any atom is 0.329 e. The van der Waals surface area contributed by atoms with Crippen LogP contribution in [0.4, 0.5) is 4.79 Å². The highest BCUT2D eigenvalue weighted by atomic mass is 16.5. The van der Waals surface area contributed by atoms with Crippen LogP contribution in [0.2, 0.25) is 0 Å². The van der Waals surface area contributed by atoms with E-state index in [0.717, 1.165) is 16.0 Å². The summed E-state index contributed by atoms with van der Waals surface area (Å²) < 4.78 is 4.85. The van der Waals surface area contributed by atoms with E-state index in [1.807, 2.05) is 60.7 Å². The summed E-state index contributed by atoms with van der Waals surface area (Å²) in [4.78, 5) is 40.9. The van der Waals surface area contributed by atoms with Gasteiger partial charge in [-0.25, -0.2) is 9.69 Å². The number of methoxy groups -OCH3 is 1. The standard InChI is InChI=1S/C24H27N3O4/c1-31-21(28)19-12-14-26(15-13-19)17-27-22(29)24(25-23(27)30,20-10-6-3-7-11-20)16-18-8-4-2-5-9-18/h2-11,19H,12-17H2,1H3,(H,25,30)/p+1/t24-/m0/s1. The van der Waals surface area contributed by atoms with Crippen LogP contribution in [-0.2, 0) is 26.3 Å². The van der Waals surface area contributed by atoms with Crippen LogP contribution in [-0.4, -0.2) is 49.7 Å². The lowest BCUT2D eigenvalue weighted by atomic mass is 9.83. The average Bonchev–Trinajstić information content (AvgIpc) is 3.05. The Morgan fingerprint density at radius 3 is 2.29 bits per heavy atom. The largest absolute Gasteiger partial charge is 0.469 e. The third-order valence-corrected chi connectivity index (χ3v) is 6.36. The molecule has 2 saturated heterocycles. The molecule has 2 fully saturated rings. The van der Waals surface area contributed by atoms with Crippen molar-refractivity contribution in [3.05, 3.63) is 71.8 Å². The van der Waals surface area contributed by atoms with E-state index in [0.29, 0.717) is 39.0 Å². The van der Waals surface area contributed by atoms with E-state index < -0.39 is 5.54 Å². The molecule has 31 heavy (non-hydrogen) atoms. The van der Waals surface area contributed by atoms with Crippen LogP contribution in [0, 0.1) is 5.92 Å². The van der Waals surface area contributed by atoms with Gasteiger partial charge in [-0.2, -0.15) is 0 Å². The molecule has 162 valence electrons. The third-order valence-electron chi connectivity index (χ3n) is 6.36. The number of amides is 3. The fraction of sp³-hybridized carbons (Fsp3) is 0.375. The number of esters is 1. The van der Waals surface area contributed by atoms with Crippen molar-refractivity contribution in [2.24, 2.45) is 5.92 Å². The zero-order chi connectivity index (χ0) is 21.8. The summed E-state index contributed by atoms with van der Waals surface area (Å²) in [6.45, 7) is 1.73. The van der Waals surface area contributed by atoms with Crippen molar-refractivity contribution < 1.29 is 24.0 Å². The second kappa shape index (κ2) is 8.89. The van der Waals surface area contributed by atoms with Crippen molar-refractivity contribution in [3.8, 4) is 0 Å². The Hall–Kier alpha value is -3.19. The second-order valence-corrected chi connectivity index (χ2v) is 8.30. The Labute approximate surface area is 182 Å². The maximum atomic E-state index is 13.7. The van der Waals surface area contributed by atoms with Crippen LogP contribution in [0.25, 0.3) is 0 Å². The molecule has 7 heteroatoms. The maximum absolute atomic E-state index is 13.7. The minimum atomic E-state index is -1.12. The van der Waals surface area contributed by atoms with E-state index in [1.54, 1.807) is 0 Å². The highest BCUT2D eigenvalue weighted by Crippen LogP contribution is 2.32. The van der Waals surface area contributed by atoms with E-state index in [2.05, 4.69) is 5.32 Å². The Kier molecular flexibility index (Phi) is 6.04. The van der Waals surface area contributed by atoms with Gasteiger partial charge in [0.05, 0.1) is 26.1 Å². The topological polar surface area (TPSA) is 80.2 Å². The minimum absolute atomic E-state index is 0.0988. The lowest BCUT2D eigenvalue weighted by Crippen LogP contribution is -3.14. The van der Waals surface area contributed by atoms with Crippen LogP contribution < -0.4 is 10.2 Å². The number of urea groups is 1. The number of carbonyl (C=O) groups is 3. The molecule has 0 aromatic heterocycles. The van der Waals surface area contributed by atoms with Crippen molar-refractivity contribution in [1.29, 1.82) is 0 Å². The highest BCUT2D eigenvalue weighted by molar-refractivity contribution is 6.07. The van der Waals surface area contributed by atoms with Crippen LogP contribution >= 0.6 is 0 Å². The molecule has 2 heterocycles. The zero-order valence-corrected chi connectivity index (χ0v) is 17.7. The van der Waals surface area contributed by atoms with Gasteiger partial charge in [0, 0.05) is 19.3 Å². The van der Waals surface area contributed by atoms with Crippen LogP contribution in [0.1, 0.15) is 24.0 Å². The molecule has 3 amide bonds. The SMILES string of the molecule is COC(=O)C1CC[NH+](CN2C(=O)N[C@@](Cc3ccccc3)(c3ccccc3)C2=O)CC1. The van der Waals surface area contributed by atoms with E-state index in [-0.39, 0.29) is 23.8 Å². The molecule has 2 aromatic rings. The molecule has 0 saturated carbocycles. The van der Waals surface area contributed by atoms with Crippen molar-refractivity contribution in [3.63, 3.8) is 0 Å². The molecule has 7 nitrogen and oxygen atoms in total. The molecule has 1 atom stereocenters. The number of nitrogens with zero attached hydrogens (tertiary/aromatic N) is 1. The van der Waals surface area contributed by atoms with Crippen molar-refractivity contribution in [2.75, 3.05) is 26.9 Å². The van der Waals surface area contributed by atoms with Crippen molar-refractivity contribution in [2.45, 2.75) is 24.8 Å². The predicted octanol–water partition coefficient (Wildman–Crippen LogP) is 1.10. The van der Waals surface area contributed by atoms with Gasteiger partial charge < -0.3 is 15.0 Å². The molecular formula is C24H28N3O4+. The van der Waals surface area contributed by atoms with E-state index in [9.17, 15) is 14.4 Å². The van der Waals surface area contributed by atoms with Gasteiger partial charge in [-0.15, -0.1) is 0 Å². The Morgan fingerprint density at radius 1 is 1.06 bits per heavy atom. The van der Waals surface area contributed by atoms with Gasteiger partial charge in [-0.05, 0) is 11.1 Å². The van der Waals surface area contributed by atoms with Gasteiger partial charge in [0.2, 0.25) is 0 Å². The number of nitrogens with one attached hydrogen (secondary N) is 2. The number of hydrogen-bond donors (Lipinski definition) is 2. The number of piperidine rings is 1. The summed E-state index contributed by atoms with van der Waals surface area (Å²) in [7, 11) is 1.41. The molecule has 2 aromatic carbocycles. The molecule has 4 rings (SSSR count). The quantitative estimate of drug-likeness (QED) is 0.540. The van der Waals surface area contributed by atoms with Crippen LogP contribution in [0.15, 0.2) is 60.7 Å². The Bertz CT molecular complexity index is 942. The van der Waals surface area contributed by atoms with Gasteiger partial charge >= 0.3 is 12.0 Å². The van der Waals surface area contributed by atoms with Gasteiger partial charge in [-0.1, -0.05) is 60.7 Å². The summed E-state index contributed by atoms with van der Waals surface area (Å²) >= 11 is 0. The first kappa shape index (κ1) is 21.1. The lowest BCUT2D eigenvalue weighted by Gasteiger charge is -2.31. The van der Waals surface area contributed by atoms with E-state index >= 15 is 0 Å². The molecular weight excluding hydrogens is 394 g/mol. The first-order valence-corrected chi connectivity index (χ1v) is 10.7. The predicted molar refractivity (Wildman–Crippen MR) is 114 cm³/mol. The number of imide groups is 1. The number of likely N-dealkylation sites (tertiary alicyclic amines) is 1. The fourth-order valence-electron chi connectivity index (χ4n) is 4.62. The van der Waals surface area contributed by atoms with Crippen molar-refractivity contribution in [1.82, 2.24) is 10.2 Å². The first-order chi connectivity index (χ1) is 15.0. The molecule has 2 aliphatic heterocycles. The van der Waals surface area contributed by atoms with Gasteiger partial charge in [0.15, 0.2) is 12.2 Å². The molecule has 0 spiro atoms. The summed E-state index contributed by atoms with van der Waals surface area (Å²) in [6.07, 6.45) is 1.78. The number of carbonyl (C=O) groups excluding carboxylic acids is 3. The molecule has 0 aliphatic carbocycles. The van der Waals surface area contributed by atoms with Crippen LogP contribution in [0.5, 0.6) is 0 Å². The van der Waals surface area contributed by atoms with Gasteiger partial charge in [0.25, 0.3) is 5.91 Å². The Morgan fingerprint density at radius 2 is 1.68 bits per heavy atom. The molecule has 2 aliphatic rings. The highest BCUT2D eigenvalue weighted by Gasteiger charge is 2.53. The second-order valence-electron chi connectivity index (χ2n) is 8.30. The summed E-state index contributed by atoms with van der Waals surface area (Å²) in [6, 6.07) is 18.8.